The van der Waals surface area contributed by atoms with Crippen LogP contribution in [0.3, 0.4) is 0 Å². The van der Waals surface area contributed by atoms with Crippen LogP contribution in [0, 0.1) is 11.7 Å². The molecule has 118 valence electrons. The summed E-state index contributed by atoms with van der Waals surface area (Å²) in [5, 5.41) is 18.4. The van der Waals surface area contributed by atoms with Gasteiger partial charge in [0.05, 0.1) is 12.8 Å². The van der Waals surface area contributed by atoms with Gasteiger partial charge in [0.15, 0.2) is 0 Å². The monoisotopic (exact) mass is 328 g/mol. The molecular formula is C15H16N6OS. The Morgan fingerprint density at radius 1 is 1.26 bits per heavy atom. The van der Waals surface area contributed by atoms with Crippen LogP contribution in [0.5, 0.6) is 5.75 Å². The van der Waals surface area contributed by atoms with Crippen LogP contribution < -0.4 is 4.74 Å². The van der Waals surface area contributed by atoms with Crippen LogP contribution in [0.4, 0.5) is 0 Å². The minimum atomic E-state index is 0.405. The third-order valence-electron chi connectivity index (χ3n) is 3.10. The molecule has 0 saturated carbocycles. The fourth-order valence-electron chi connectivity index (χ4n) is 2.04. The molecule has 0 bridgehead atoms. The molecule has 0 unspecified atom stereocenters. The molecule has 0 saturated heterocycles. The number of nitrogens with zero attached hydrogens (tertiary/aromatic N) is 4. The van der Waals surface area contributed by atoms with E-state index in [4.69, 9.17) is 17.0 Å². The summed E-state index contributed by atoms with van der Waals surface area (Å²) in [4.78, 5) is 0. The van der Waals surface area contributed by atoms with Crippen molar-refractivity contribution in [3.8, 4) is 17.3 Å². The second-order valence-corrected chi connectivity index (χ2v) is 5.23. The maximum atomic E-state index is 5.42. The fraction of sp³-hybridized carbons (Fsp3) is 0.200. The Bertz CT molecular complexity index is 874. The summed E-state index contributed by atoms with van der Waals surface area (Å²) in [6, 6.07) is 9.54. The van der Waals surface area contributed by atoms with Crippen LogP contribution in [0.2, 0.25) is 0 Å². The predicted octanol–water partition coefficient (Wildman–Crippen LogP) is 2.92. The van der Waals surface area contributed by atoms with Gasteiger partial charge in [0.1, 0.15) is 11.4 Å². The predicted molar refractivity (Wildman–Crippen MR) is 90.3 cm³/mol. The molecule has 23 heavy (non-hydrogen) atoms. The van der Waals surface area contributed by atoms with E-state index in [0.29, 0.717) is 22.9 Å². The number of rotatable bonds is 5. The Labute approximate surface area is 138 Å². The summed E-state index contributed by atoms with van der Waals surface area (Å²) in [5.74, 6) is 1.39. The molecular weight excluding hydrogens is 312 g/mol. The first-order valence-electron chi connectivity index (χ1n) is 7.14. The van der Waals surface area contributed by atoms with E-state index in [1.807, 2.05) is 44.2 Å². The summed E-state index contributed by atoms with van der Waals surface area (Å²) in [6.07, 6.45) is 1.71. The lowest BCUT2D eigenvalue weighted by Gasteiger charge is -2.02. The second-order valence-electron chi connectivity index (χ2n) is 4.85. The van der Waals surface area contributed by atoms with E-state index in [2.05, 4.69) is 25.5 Å². The molecule has 7 nitrogen and oxygen atoms in total. The van der Waals surface area contributed by atoms with E-state index < -0.39 is 0 Å². The topological polar surface area (TPSA) is 83.9 Å². The highest BCUT2D eigenvalue weighted by molar-refractivity contribution is 7.71. The molecule has 0 atom stereocenters. The number of aromatic nitrogens is 5. The molecule has 0 spiro atoms. The maximum absolute atomic E-state index is 5.42. The number of H-pyrrole nitrogens is 2. The fourth-order valence-corrected chi connectivity index (χ4v) is 2.22. The van der Waals surface area contributed by atoms with Crippen molar-refractivity contribution >= 4 is 18.4 Å². The molecule has 0 amide bonds. The van der Waals surface area contributed by atoms with Crippen LogP contribution in [-0.4, -0.2) is 37.9 Å². The van der Waals surface area contributed by atoms with E-state index in [1.54, 1.807) is 10.9 Å². The van der Waals surface area contributed by atoms with Crippen molar-refractivity contribution < 1.29 is 4.74 Å². The summed E-state index contributed by atoms with van der Waals surface area (Å²) < 4.78 is 7.36. The van der Waals surface area contributed by atoms with Crippen molar-refractivity contribution in [2.24, 2.45) is 5.10 Å². The van der Waals surface area contributed by atoms with Gasteiger partial charge in [0.25, 0.3) is 0 Å². The first kappa shape index (κ1) is 15.2. The molecule has 2 aromatic heterocycles. The van der Waals surface area contributed by atoms with Crippen LogP contribution in [0.25, 0.3) is 11.5 Å². The number of hydrogen-bond acceptors (Lipinski definition) is 5. The number of benzene rings is 1. The maximum Gasteiger partial charge on any atom is 0.216 e. The number of hydrogen-bond donors (Lipinski definition) is 2. The van der Waals surface area contributed by atoms with E-state index in [1.165, 1.54) is 0 Å². The molecule has 2 N–H and O–H groups in total. The quantitative estimate of drug-likeness (QED) is 0.557. The molecule has 3 rings (SSSR count). The second kappa shape index (κ2) is 6.57. The highest BCUT2D eigenvalue weighted by atomic mass is 32.1. The van der Waals surface area contributed by atoms with Gasteiger partial charge in [-0.2, -0.15) is 20.0 Å². The Hall–Kier alpha value is -2.74. The molecule has 0 aliphatic carbocycles. The molecule has 3 aromatic rings. The van der Waals surface area contributed by atoms with Crippen molar-refractivity contribution in [1.29, 1.82) is 0 Å². The van der Waals surface area contributed by atoms with Gasteiger partial charge < -0.3 is 4.74 Å². The van der Waals surface area contributed by atoms with Crippen molar-refractivity contribution in [2.75, 3.05) is 6.61 Å². The van der Waals surface area contributed by atoms with E-state index >= 15 is 0 Å². The Kier molecular flexibility index (Phi) is 4.33. The van der Waals surface area contributed by atoms with Gasteiger partial charge in [0, 0.05) is 5.69 Å². The summed E-state index contributed by atoms with van der Waals surface area (Å²) in [5.41, 5.74) is 2.55. The highest BCUT2D eigenvalue weighted by Gasteiger charge is 2.10. The van der Waals surface area contributed by atoms with Gasteiger partial charge in [-0.25, -0.2) is 5.10 Å². The average Bonchev–Trinajstić information content (AvgIpc) is 3.13. The zero-order chi connectivity index (χ0) is 16.2. The SMILES string of the molecule is CCOc1ccc(/C=N/n2c(-c3cc(C)[nH]n3)n[nH]c2=S)cc1. The zero-order valence-corrected chi connectivity index (χ0v) is 13.6. The van der Waals surface area contributed by atoms with Gasteiger partial charge in [-0.3, -0.25) is 5.10 Å². The van der Waals surface area contributed by atoms with Crippen molar-refractivity contribution in [3.63, 3.8) is 0 Å². The number of ether oxygens (including phenoxy) is 1. The van der Waals surface area contributed by atoms with Crippen molar-refractivity contribution in [3.05, 3.63) is 46.4 Å². The summed E-state index contributed by atoms with van der Waals surface area (Å²) in [7, 11) is 0. The van der Waals surface area contributed by atoms with Crippen LogP contribution >= 0.6 is 12.2 Å². The van der Waals surface area contributed by atoms with Gasteiger partial charge in [-0.05, 0) is 62.0 Å². The third-order valence-corrected chi connectivity index (χ3v) is 3.36. The Morgan fingerprint density at radius 2 is 2.04 bits per heavy atom. The standard InChI is InChI=1S/C15H16N6OS/c1-3-22-12-6-4-11(5-7-12)9-16-21-14(19-20-15(21)23)13-8-10(2)17-18-13/h4-9H,3H2,1-2H3,(H,17,18)(H,20,23)/b16-9+. The highest BCUT2D eigenvalue weighted by Crippen LogP contribution is 2.15. The summed E-state index contributed by atoms with van der Waals surface area (Å²) in [6.45, 7) is 4.52. The van der Waals surface area contributed by atoms with Crippen LogP contribution in [0.1, 0.15) is 18.2 Å². The van der Waals surface area contributed by atoms with Gasteiger partial charge in [0.2, 0.25) is 10.6 Å². The van der Waals surface area contributed by atoms with Crippen molar-refractivity contribution in [1.82, 2.24) is 25.1 Å². The Balaban J connectivity index is 1.88. The number of aromatic amines is 2. The van der Waals surface area contributed by atoms with Gasteiger partial charge >= 0.3 is 0 Å². The van der Waals surface area contributed by atoms with Crippen LogP contribution in [0.15, 0.2) is 35.4 Å². The minimum Gasteiger partial charge on any atom is -0.494 e. The Morgan fingerprint density at radius 3 is 2.70 bits per heavy atom. The lowest BCUT2D eigenvalue weighted by molar-refractivity contribution is 0.340. The third kappa shape index (κ3) is 3.37. The van der Waals surface area contributed by atoms with Crippen LogP contribution in [-0.2, 0) is 0 Å². The molecule has 8 heteroatoms. The zero-order valence-electron chi connectivity index (χ0n) is 12.8. The molecule has 0 aliphatic heterocycles. The average molecular weight is 328 g/mol. The summed E-state index contributed by atoms with van der Waals surface area (Å²) >= 11 is 5.22. The number of aryl methyl sites for hydroxylation is 1. The first-order valence-corrected chi connectivity index (χ1v) is 7.55. The van der Waals surface area contributed by atoms with E-state index in [-0.39, 0.29) is 0 Å². The van der Waals surface area contributed by atoms with Crippen molar-refractivity contribution in [2.45, 2.75) is 13.8 Å². The first-order chi connectivity index (χ1) is 11.2. The molecule has 0 fully saturated rings. The largest absolute Gasteiger partial charge is 0.494 e. The molecule has 1 aromatic carbocycles. The molecule has 0 radical (unpaired) electrons. The molecule has 2 heterocycles. The van der Waals surface area contributed by atoms with Gasteiger partial charge in [-0.15, -0.1) is 0 Å². The number of nitrogens with one attached hydrogen (secondary N) is 2. The normalized spacial score (nSPS) is 11.2. The molecule has 0 aliphatic rings. The van der Waals surface area contributed by atoms with Gasteiger partial charge in [-0.1, -0.05) is 0 Å². The lowest BCUT2D eigenvalue weighted by atomic mass is 10.2. The van der Waals surface area contributed by atoms with E-state index in [0.717, 1.165) is 17.0 Å². The van der Waals surface area contributed by atoms with E-state index in [9.17, 15) is 0 Å². The minimum absolute atomic E-state index is 0.405. The lowest BCUT2D eigenvalue weighted by Crippen LogP contribution is -1.96. The smallest absolute Gasteiger partial charge is 0.216 e.